The maximum atomic E-state index is 6.50. The van der Waals surface area contributed by atoms with Gasteiger partial charge in [0, 0.05) is 46.6 Å². The van der Waals surface area contributed by atoms with Gasteiger partial charge in [0.2, 0.25) is 5.13 Å². The quantitative estimate of drug-likeness (QED) is 0.198. The molecule has 1 atom stereocenters. The highest BCUT2D eigenvalue weighted by Gasteiger charge is 2.17. The van der Waals surface area contributed by atoms with E-state index < -0.39 is 0 Å². The maximum Gasteiger partial charge on any atom is 0.207 e. The molecule has 1 unspecified atom stereocenters. The van der Waals surface area contributed by atoms with E-state index in [4.69, 9.17) is 10.7 Å². The molecule has 0 fully saturated rings. The monoisotopic (exact) mass is 512 g/mol. The first-order valence-electron chi connectivity index (χ1n) is 13.3. The molecule has 2 heterocycles. The van der Waals surface area contributed by atoms with Crippen LogP contribution in [0, 0.1) is 6.92 Å². The summed E-state index contributed by atoms with van der Waals surface area (Å²) in [6.07, 6.45) is 9.79. The molecule has 2 aromatic heterocycles. The van der Waals surface area contributed by atoms with E-state index in [1.54, 1.807) is 0 Å². The number of anilines is 3. The molecule has 0 radical (unpaired) electrons. The van der Waals surface area contributed by atoms with Crippen molar-refractivity contribution in [1.29, 1.82) is 0 Å². The Hall–Kier alpha value is -3.29. The first kappa shape index (κ1) is 25.4. The highest BCUT2D eigenvalue weighted by atomic mass is 32.1. The van der Waals surface area contributed by atoms with Crippen LogP contribution in [-0.4, -0.2) is 26.9 Å². The molecule has 4 N–H and O–H groups in total. The molecule has 5 rings (SSSR count). The summed E-state index contributed by atoms with van der Waals surface area (Å²) in [6, 6.07) is 16.8. The number of para-hydroxylation sites is 1. The Balaban J connectivity index is 1.12. The van der Waals surface area contributed by atoms with Gasteiger partial charge in [-0.2, -0.15) is 9.36 Å². The van der Waals surface area contributed by atoms with Crippen molar-refractivity contribution in [2.75, 3.05) is 17.2 Å². The normalized spacial score (nSPS) is 14.4. The van der Waals surface area contributed by atoms with Gasteiger partial charge in [0.1, 0.15) is 0 Å². The van der Waals surface area contributed by atoms with E-state index in [1.165, 1.54) is 52.3 Å². The van der Waals surface area contributed by atoms with Crippen molar-refractivity contribution in [2.45, 2.75) is 64.8 Å². The van der Waals surface area contributed by atoms with Crippen LogP contribution in [0.25, 0.3) is 17.0 Å². The first-order chi connectivity index (χ1) is 18.1. The molecular formula is C30H36N6S. The molecule has 0 spiro atoms. The van der Waals surface area contributed by atoms with Crippen LogP contribution in [0.15, 0.2) is 54.1 Å². The number of aryl methyl sites for hydroxylation is 2. The second-order valence-corrected chi connectivity index (χ2v) is 10.8. The van der Waals surface area contributed by atoms with Gasteiger partial charge in [-0.05, 0) is 88.6 Å². The second kappa shape index (κ2) is 11.8. The smallest absolute Gasteiger partial charge is 0.207 e. The van der Waals surface area contributed by atoms with Crippen molar-refractivity contribution in [3.63, 3.8) is 0 Å². The number of nitrogens with zero attached hydrogens (tertiary/aromatic N) is 3. The van der Waals surface area contributed by atoms with E-state index in [1.807, 2.05) is 18.2 Å². The van der Waals surface area contributed by atoms with E-state index in [9.17, 15) is 0 Å². The number of rotatable bonds is 10. The van der Waals surface area contributed by atoms with Gasteiger partial charge in [-0.3, -0.25) is 4.98 Å². The standard InChI is InChI=1S/C30H36N6S/c1-20-14-16-22(17-15-20)33-30-35-28(36-37-30)19-21(2)25(31)11-7-8-18-32-29-23-9-3-5-12-26(23)34-27-13-6-4-10-24(27)29/h3,5,9,12,14-17,19,25H,4,6-8,10-11,13,18,31H2,1-2H3,(H,32,34)(H,33,35,36). The Morgan fingerprint density at radius 1 is 1.05 bits per heavy atom. The van der Waals surface area contributed by atoms with Crippen LogP contribution in [0.3, 0.4) is 0 Å². The van der Waals surface area contributed by atoms with Crippen LogP contribution in [0.2, 0.25) is 0 Å². The van der Waals surface area contributed by atoms with Crippen molar-refractivity contribution >= 4 is 45.0 Å². The van der Waals surface area contributed by atoms with Gasteiger partial charge in [-0.1, -0.05) is 41.5 Å². The molecule has 2 aromatic carbocycles. The van der Waals surface area contributed by atoms with Gasteiger partial charge in [0.05, 0.1) is 5.52 Å². The molecule has 1 aliphatic rings. The largest absolute Gasteiger partial charge is 0.384 e. The summed E-state index contributed by atoms with van der Waals surface area (Å²) in [7, 11) is 0. The van der Waals surface area contributed by atoms with Gasteiger partial charge in [0.15, 0.2) is 5.82 Å². The zero-order chi connectivity index (χ0) is 25.6. The third-order valence-electron chi connectivity index (χ3n) is 7.10. The molecule has 37 heavy (non-hydrogen) atoms. The number of hydrogen-bond donors (Lipinski definition) is 3. The number of benzene rings is 2. The predicted octanol–water partition coefficient (Wildman–Crippen LogP) is 7.03. The molecule has 1 aliphatic carbocycles. The van der Waals surface area contributed by atoms with Gasteiger partial charge in [-0.15, -0.1) is 0 Å². The summed E-state index contributed by atoms with van der Waals surface area (Å²) in [5.41, 5.74) is 15.0. The molecule has 4 aromatic rings. The Labute approximate surface area is 223 Å². The highest BCUT2D eigenvalue weighted by Crippen LogP contribution is 2.33. The van der Waals surface area contributed by atoms with Gasteiger partial charge < -0.3 is 16.4 Å². The van der Waals surface area contributed by atoms with Crippen molar-refractivity contribution in [1.82, 2.24) is 14.3 Å². The lowest BCUT2D eigenvalue weighted by Gasteiger charge is -2.22. The molecule has 0 bridgehead atoms. The van der Waals surface area contributed by atoms with Crippen LogP contribution < -0.4 is 16.4 Å². The Kier molecular flexibility index (Phi) is 8.12. The topological polar surface area (TPSA) is 88.8 Å². The zero-order valence-corrected chi connectivity index (χ0v) is 22.6. The molecule has 7 heteroatoms. The molecule has 0 amide bonds. The van der Waals surface area contributed by atoms with E-state index in [-0.39, 0.29) is 6.04 Å². The van der Waals surface area contributed by atoms with Crippen LogP contribution in [-0.2, 0) is 12.8 Å². The maximum absolute atomic E-state index is 6.50. The summed E-state index contributed by atoms with van der Waals surface area (Å²) in [5, 5.41) is 9.11. The minimum atomic E-state index is 0.00604. The minimum Gasteiger partial charge on any atom is -0.384 e. The number of pyridine rings is 1. The van der Waals surface area contributed by atoms with E-state index in [2.05, 4.69) is 70.2 Å². The number of nitrogens with two attached hydrogens (primary N) is 1. The summed E-state index contributed by atoms with van der Waals surface area (Å²) in [4.78, 5) is 9.55. The van der Waals surface area contributed by atoms with Gasteiger partial charge in [0.25, 0.3) is 0 Å². The van der Waals surface area contributed by atoms with E-state index >= 15 is 0 Å². The van der Waals surface area contributed by atoms with E-state index in [0.717, 1.165) is 60.6 Å². The highest BCUT2D eigenvalue weighted by molar-refractivity contribution is 7.09. The lowest BCUT2D eigenvalue weighted by Crippen LogP contribution is -2.21. The number of aromatic nitrogens is 3. The van der Waals surface area contributed by atoms with Crippen LogP contribution in [0.1, 0.15) is 61.7 Å². The Bertz CT molecular complexity index is 1370. The van der Waals surface area contributed by atoms with Crippen molar-refractivity contribution < 1.29 is 0 Å². The average Bonchev–Trinajstić information content (AvgIpc) is 3.35. The zero-order valence-electron chi connectivity index (χ0n) is 21.8. The average molecular weight is 513 g/mol. The fourth-order valence-corrected chi connectivity index (χ4v) is 5.49. The SMILES string of the molecule is CC(=Cc1nsc(Nc2ccc(C)cc2)n1)C(N)CCCCNc1c2c(nc3ccccc13)CCCC2. The second-order valence-electron chi connectivity index (χ2n) is 10.0. The van der Waals surface area contributed by atoms with Crippen molar-refractivity contribution in [3.05, 3.63) is 76.7 Å². The van der Waals surface area contributed by atoms with Crippen molar-refractivity contribution in [3.8, 4) is 0 Å². The van der Waals surface area contributed by atoms with Crippen LogP contribution in [0.4, 0.5) is 16.5 Å². The summed E-state index contributed by atoms with van der Waals surface area (Å²) in [5.74, 6) is 0.712. The lowest BCUT2D eigenvalue weighted by atomic mass is 9.92. The third kappa shape index (κ3) is 6.35. The molecule has 0 saturated carbocycles. The fraction of sp³-hybridized carbons (Fsp3) is 0.367. The third-order valence-corrected chi connectivity index (χ3v) is 7.74. The summed E-state index contributed by atoms with van der Waals surface area (Å²) >= 11 is 1.36. The number of nitrogens with one attached hydrogen (secondary N) is 2. The summed E-state index contributed by atoms with van der Waals surface area (Å²) < 4.78 is 4.48. The minimum absolute atomic E-state index is 0.00604. The van der Waals surface area contributed by atoms with Gasteiger partial charge in [-0.25, -0.2) is 0 Å². The van der Waals surface area contributed by atoms with Crippen LogP contribution >= 0.6 is 11.5 Å². The number of unbranched alkanes of at least 4 members (excludes halogenated alkanes) is 1. The lowest BCUT2D eigenvalue weighted by molar-refractivity contribution is 0.625. The Morgan fingerprint density at radius 2 is 1.86 bits per heavy atom. The first-order valence-corrected chi connectivity index (χ1v) is 14.1. The number of fused-ring (bicyclic) bond motifs is 2. The molecule has 192 valence electrons. The molecule has 0 saturated heterocycles. The van der Waals surface area contributed by atoms with Gasteiger partial charge >= 0.3 is 0 Å². The fourth-order valence-electron chi connectivity index (χ4n) is 4.92. The summed E-state index contributed by atoms with van der Waals surface area (Å²) in [6.45, 7) is 5.10. The molecule has 0 aliphatic heterocycles. The molecule has 6 nitrogen and oxygen atoms in total. The number of hydrogen-bond acceptors (Lipinski definition) is 7. The van der Waals surface area contributed by atoms with E-state index in [0.29, 0.717) is 5.82 Å². The molecular weight excluding hydrogens is 476 g/mol. The van der Waals surface area contributed by atoms with Crippen molar-refractivity contribution in [2.24, 2.45) is 5.73 Å². The predicted molar refractivity (Wildman–Crippen MR) is 157 cm³/mol. The van der Waals surface area contributed by atoms with Crippen LogP contribution in [0.5, 0.6) is 0 Å². The Morgan fingerprint density at radius 3 is 2.73 bits per heavy atom.